The van der Waals surface area contributed by atoms with Gasteiger partial charge < -0.3 is 19.9 Å². The van der Waals surface area contributed by atoms with Crippen molar-refractivity contribution >= 4 is 22.7 Å². The van der Waals surface area contributed by atoms with E-state index in [-0.39, 0.29) is 11.8 Å². The maximum atomic E-state index is 13.8. The van der Waals surface area contributed by atoms with Crippen LogP contribution in [-0.4, -0.2) is 53.6 Å². The molecule has 5 rings (SSSR count). The summed E-state index contributed by atoms with van der Waals surface area (Å²) in [6, 6.07) is 16.6. The van der Waals surface area contributed by atoms with E-state index in [2.05, 4.69) is 70.5 Å². The Hall–Kier alpha value is -3.32. The van der Waals surface area contributed by atoms with Gasteiger partial charge >= 0.3 is 0 Å². The Labute approximate surface area is 238 Å². The van der Waals surface area contributed by atoms with E-state index in [1.807, 2.05) is 18.2 Å². The summed E-state index contributed by atoms with van der Waals surface area (Å²) in [5, 5.41) is 7.29. The average molecular weight is 545 g/mol. The van der Waals surface area contributed by atoms with Gasteiger partial charge in [-0.15, -0.1) is 0 Å². The maximum Gasteiger partial charge on any atom is 0.242 e. The van der Waals surface area contributed by atoms with E-state index < -0.39 is 11.5 Å². The second-order valence-electron chi connectivity index (χ2n) is 11.9. The number of hydrogen-bond donors (Lipinski definition) is 2. The number of nitrogens with zero attached hydrogens (tertiary/aromatic N) is 2. The third-order valence-corrected chi connectivity index (χ3v) is 8.79. The van der Waals surface area contributed by atoms with Gasteiger partial charge in [0.15, 0.2) is 0 Å². The van der Waals surface area contributed by atoms with Crippen molar-refractivity contribution in [2.75, 3.05) is 26.2 Å². The summed E-state index contributed by atoms with van der Waals surface area (Å²) in [4.78, 5) is 29.0. The summed E-state index contributed by atoms with van der Waals surface area (Å²) in [7, 11) is 0. The molecule has 1 saturated heterocycles. The first kappa shape index (κ1) is 28.2. The highest BCUT2D eigenvalue weighted by Crippen LogP contribution is 2.38. The van der Waals surface area contributed by atoms with Gasteiger partial charge in [-0.1, -0.05) is 42.8 Å². The fourth-order valence-corrected chi connectivity index (χ4v) is 6.33. The zero-order chi connectivity index (χ0) is 28.1. The van der Waals surface area contributed by atoms with Crippen LogP contribution in [0.15, 0.2) is 54.7 Å². The Morgan fingerprint density at radius 1 is 1.00 bits per heavy atom. The van der Waals surface area contributed by atoms with Gasteiger partial charge in [0.1, 0.15) is 18.4 Å². The number of aromatic nitrogens is 1. The summed E-state index contributed by atoms with van der Waals surface area (Å²) in [5.41, 5.74) is 3.36. The van der Waals surface area contributed by atoms with Crippen molar-refractivity contribution in [1.29, 1.82) is 0 Å². The first-order chi connectivity index (χ1) is 19.4. The fourth-order valence-electron chi connectivity index (χ4n) is 6.33. The molecule has 2 aromatic carbocycles. The summed E-state index contributed by atoms with van der Waals surface area (Å²) in [5.74, 6) is 0.739. The predicted octanol–water partition coefficient (Wildman–Crippen LogP) is 5.23. The number of amides is 2. The van der Waals surface area contributed by atoms with Crippen molar-refractivity contribution in [3.8, 4) is 5.75 Å². The average Bonchev–Trinajstić information content (AvgIpc) is 3.33. The molecule has 1 aromatic heterocycles. The van der Waals surface area contributed by atoms with E-state index in [1.165, 1.54) is 22.0 Å². The topological polar surface area (TPSA) is 75.6 Å². The normalized spacial score (nSPS) is 21.2. The number of rotatable bonds is 3. The van der Waals surface area contributed by atoms with Crippen LogP contribution >= 0.6 is 0 Å². The molecule has 40 heavy (non-hydrogen) atoms. The number of para-hydroxylation sites is 2. The maximum absolute atomic E-state index is 13.8. The lowest BCUT2D eigenvalue weighted by molar-refractivity contribution is -0.138. The van der Waals surface area contributed by atoms with Crippen molar-refractivity contribution in [3.05, 3.63) is 65.9 Å². The lowest BCUT2D eigenvalue weighted by Crippen LogP contribution is -2.53. The third-order valence-electron chi connectivity index (χ3n) is 8.79. The number of fused-ring (bicyclic) bond motifs is 2. The zero-order valence-corrected chi connectivity index (χ0v) is 24.2. The van der Waals surface area contributed by atoms with Gasteiger partial charge in [-0.2, -0.15) is 0 Å². The van der Waals surface area contributed by atoms with Crippen molar-refractivity contribution in [2.45, 2.75) is 77.9 Å². The minimum absolute atomic E-state index is 0.0257. The second kappa shape index (κ2) is 12.5. The lowest BCUT2D eigenvalue weighted by Gasteiger charge is -2.41. The molecule has 1 fully saturated rings. The Morgan fingerprint density at radius 3 is 2.55 bits per heavy atom. The lowest BCUT2D eigenvalue weighted by atomic mass is 9.73. The molecule has 214 valence electrons. The molecule has 0 aliphatic carbocycles. The van der Waals surface area contributed by atoms with Crippen LogP contribution in [0.4, 0.5) is 0 Å². The fraction of sp³-hybridized carbons (Fsp3) is 0.515. The van der Waals surface area contributed by atoms with Gasteiger partial charge in [0.05, 0.1) is 12.0 Å². The van der Waals surface area contributed by atoms with Gasteiger partial charge in [-0.3, -0.25) is 14.5 Å². The summed E-state index contributed by atoms with van der Waals surface area (Å²) >= 11 is 0. The van der Waals surface area contributed by atoms with E-state index in [9.17, 15) is 9.59 Å². The molecule has 7 nitrogen and oxygen atoms in total. The zero-order valence-electron chi connectivity index (χ0n) is 24.2. The number of likely N-dealkylation sites (tertiary alicyclic amines) is 1. The number of piperidine rings is 1. The molecule has 2 aliphatic heterocycles. The molecule has 1 spiro atoms. The van der Waals surface area contributed by atoms with Crippen LogP contribution in [0.1, 0.15) is 70.0 Å². The van der Waals surface area contributed by atoms with Crippen LogP contribution in [0.5, 0.6) is 5.75 Å². The van der Waals surface area contributed by atoms with Crippen molar-refractivity contribution < 1.29 is 14.3 Å². The van der Waals surface area contributed by atoms with E-state index in [0.717, 1.165) is 63.9 Å². The molecule has 0 unspecified atom stereocenters. The molecule has 3 heterocycles. The van der Waals surface area contributed by atoms with E-state index in [4.69, 9.17) is 4.74 Å². The van der Waals surface area contributed by atoms with Crippen molar-refractivity contribution in [1.82, 2.24) is 20.1 Å². The smallest absolute Gasteiger partial charge is 0.242 e. The molecular weight excluding hydrogens is 500 g/mol. The number of nitrogens with one attached hydrogen (secondary N) is 2. The monoisotopic (exact) mass is 544 g/mol. The molecule has 7 heteroatoms. The van der Waals surface area contributed by atoms with Crippen molar-refractivity contribution in [2.24, 2.45) is 5.41 Å². The molecule has 0 bridgehead atoms. The summed E-state index contributed by atoms with van der Waals surface area (Å²) in [6.07, 6.45) is 7.62. The number of ether oxygens (including phenoxy) is 1. The van der Waals surface area contributed by atoms with E-state index >= 15 is 0 Å². The Kier molecular flexibility index (Phi) is 8.79. The Bertz CT molecular complexity index is 1320. The Morgan fingerprint density at radius 2 is 1.75 bits per heavy atom. The number of benzene rings is 2. The van der Waals surface area contributed by atoms with Gasteiger partial charge in [0.2, 0.25) is 11.8 Å². The van der Waals surface area contributed by atoms with Crippen LogP contribution in [0.3, 0.4) is 0 Å². The van der Waals surface area contributed by atoms with Gasteiger partial charge in [-0.05, 0) is 89.2 Å². The molecule has 2 N–H and O–H groups in total. The molecule has 1 atom stereocenters. The first-order valence-corrected chi connectivity index (χ1v) is 15.0. The van der Waals surface area contributed by atoms with Crippen LogP contribution in [-0.2, 0) is 22.6 Å². The molecular formula is C33H44N4O3. The van der Waals surface area contributed by atoms with Gasteiger partial charge in [0.25, 0.3) is 0 Å². The first-order valence-electron chi connectivity index (χ1n) is 15.0. The summed E-state index contributed by atoms with van der Waals surface area (Å²) < 4.78 is 8.33. The second-order valence-corrected chi connectivity index (χ2v) is 11.9. The van der Waals surface area contributed by atoms with Crippen LogP contribution in [0.25, 0.3) is 10.9 Å². The quantitative estimate of drug-likeness (QED) is 0.474. The van der Waals surface area contributed by atoms with Crippen molar-refractivity contribution in [3.63, 3.8) is 0 Å². The Balaban J connectivity index is 1.30. The minimum Gasteiger partial charge on any atom is -0.491 e. The highest BCUT2D eigenvalue weighted by Gasteiger charge is 2.41. The molecule has 0 saturated carbocycles. The largest absolute Gasteiger partial charge is 0.491 e. The van der Waals surface area contributed by atoms with Crippen LogP contribution in [0.2, 0.25) is 0 Å². The van der Waals surface area contributed by atoms with E-state index in [0.29, 0.717) is 19.2 Å². The number of aryl methyl sites for hydroxylation is 1. The minimum atomic E-state index is -0.581. The standard InChI is InChI=1S/C33H44N4O3/c1-24(2)37-23-27(28-12-5-6-13-29(28)37)22-36-19-16-33(17-20-36)15-9-8-11-26-10-4-7-14-30(26)40-21-18-34-31(38)25(3)35-32(33)39/h4-7,10,12-14,23-25H,8-9,11,15-22H2,1-3H3,(H,34,38)(H,35,39)/t25-/m0/s1. The van der Waals surface area contributed by atoms with Gasteiger partial charge in [0, 0.05) is 29.7 Å². The molecule has 2 aliphatic rings. The number of carbonyl (C=O) groups excluding carboxylic acids is 2. The van der Waals surface area contributed by atoms with E-state index in [1.54, 1.807) is 6.92 Å². The molecule has 3 aromatic rings. The van der Waals surface area contributed by atoms with Gasteiger partial charge in [-0.25, -0.2) is 0 Å². The van der Waals surface area contributed by atoms with Crippen LogP contribution in [0, 0.1) is 5.41 Å². The third kappa shape index (κ3) is 6.20. The molecule has 2 amide bonds. The number of hydrogen-bond acceptors (Lipinski definition) is 4. The predicted molar refractivity (Wildman–Crippen MR) is 159 cm³/mol. The summed E-state index contributed by atoms with van der Waals surface area (Å²) in [6.45, 7) is 9.64. The number of carbonyl (C=O) groups is 2. The highest BCUT2D eigenvalue weighted by atomic mass is 16.5. The highest BCUT2D eigenvalue weighted by molar-refractivity contribution is 5.90. The molecule has 0 radical (unpaired) electrons. The SMILES string of the molecule is CC(C)n1cc(CN2CCC3(CCCCc4ccccc4OCCNC(=O)[C@H](C)NC3=O)CC2)c2ccccc21. The van der Waals surface area contributed by atoms with Crippen LogP contribution < -0.4 is 15.4 Å².